The van der Waals surface area contributed by atoms with Crippen molar-refractivity contribution >= 4 is 39.1 Å². The number of anilines is 1. The Morgan fingerprint density at radius 2 is 2.08 bits per heavy atom. The highest BCUT2D eigenvalue weighted by Gasteiger charge is 2.34. The van der Waals surface area contributed by atoms with Crippen LogP contribution < -0.4 is 5.32 Å². The van der Waals surface area contributed by atoms with E-state index in [4.69, 9.17) is 0 Å². The molecule has 1 fully saturated rings. The third kappa shape index (κ3) is 3.46. The SMILES string of the molecule is Cc1nc2ccc(NC(=O)[C@@H]3CC(=O)N(Cc4ccccc4)C3)cc2s1. The Hall–Kier alpha value is -2.73. The lowest BCUT2D eigenvalue weighted by Crippen LogP contribution is -2.28. The molecule has 4 rings (SSSR count). The fourth-order valence-corrected chi connectivity index (χ4v) is 4.13. The quantitative estimate of drug-likeness (QED) is 0.768. The maximum Gasteiger partial charge on any atom is 0.229 e. The summed E-state index contributed by atoms with van der Waals surface area (Å²) in [5.74, 6) is -0.387. The van der Waals surface area contributed by atoms with Crippen LogP contribution in [-0.2, 0) is 16.1 Å². The highest BCUT2D eigenvalue weighted by Crippen LogP contribution is 2.26. The van der Waals surface area contributed by atoms with Crippen LogP contribution in [0.25, 0.3) is 10.2 Å². The molecule has 1 atom stereocenters. The Kier molecular flexibility index (Phi) is 4.42. The number of carbonyl (C=O) groups excluding carboxylic acids is 2. The number of amides is 2. The predicted octanol–water partition coefficient (Wildman–Crippen LogP) is 3.59. The molecule has 6 heteroatoms. The number of nitrogens with zero attached hydrogens (tertiary/aromatic N) is 2. The molecule has 1 aliphatic rings. The van der Waals surface area contributed by atoms with E-state index in [1.165, 1.54) is 0 Å². The number of nitrogens with one attached hydrogen (secondary N) is 1. The van der Waals surface area contributed by atoms with Crippen molar-refractivity contribution in [3.8, 4) is 0 Å². The van der Waals surface area contributed by atoms with E-state index in [1.54, 1.807) is 16.2 Å². The minimum atomic E-state index is -0.315. The number of rotatable bonds is 4. The van der Waals surface area contributed by atoms with Gasteiger partial charge < -0.3 is 10.2 Å². The van der Waals surface area contributed by atoms with Gasteiger partial charge in [-0.15, -0.1) is 11.3 Å². The second-order valence-electron chi connectivity index (χ2n) is 6.57. The number of hydrogen-bond donors (Lipinski definition) is 1. The van der Waals surface area contributed by atoms with E-state index >= 15 is 0 Å². The van der Waals surface area contributed by atoms with Crippen molar-refractivity contribution < 1.29 is 9.59 Å². The van der Waals surface area contributed by atoms with Crippen molar-refractivity contribution in [3.63, 3.8) is 0 Å². The Balaban J connectivity index is 1.42. The third-order valence-electron chi connectivity index (χ3n) is 4.56. The normalized spacial score (nSPS) is 17.0. The lowest BCUT2D eigenvalue weighted by atomic mass is 10.1. The summed E-state index contributed by atoms with van der Waals surface area (Å²) in [5.41, 5.74) is 2.77. The molecule has 0 unspecified atom stereocenters. The monoisotopic (exact) mass is 365 g/mol. The standard InChI is InChI=1S/C20H19N3O2S/c1-13-21-17-8-7-16(10-18(17)26-13)22-20(25)15-9-19(24)23(12-15)11-14-5-3-2-4-6-14/h2-8,10,15H,9,11-12H2,1H3,(H,22,25)/t15-/m1/s1. The second kappa shape index (κ2) is 6.88. The third-order valence-corrected chi connectivity index (χ3v) is 5.50. The summed E-state index contributed by atoms with van der Waals surface area (Å²) >= 11 is 1.60. The lowest BCUT2D eigenvalue weighted by molar-refractivity contribution is -0.128. The van der Waals surface area contributed by atoms with E-state index in [2.05, 4.69) is 10.3 Å². The molecule has 0 bridgehead atoms. The van der Waals surface area contributed by atoms with Crippen LogP contribution in [0.15, 0.2) is 48.5 Å². The molecule has 0 spiro atoms. The molecule has 0 saturated carbocycles. The van der Waals surface area contributed by atoms with Crippen molar-refractivity contribution in [2.24, 2.45) is 5.92 Å². The highest BCUT2D eigenvalue weighted by molar-refractivity contribution is 7.18. The molecule has 132 valence electrons. The minimum Gasteiger partial charge on any atom is -0.338 e. The smallest absolute Gasteiger partial charge is 0.229 e. The van der Waals surface area contributed by atoms with Gasteiger partial charge in [-0.2, -0.15) is 0 Å². The first kappa shape index (κ1) is 16.7. The molecule has 3 aromatic rings. The summed E-state index contributed by atoms with van der Waals surface area (Å²) in [6.45, 7) is 2.98. The van der Waals surface area contributed by atoms with E-state index in [9.17, 15) is 9.59 Å². The molecule has 1 aliphatic heterocycles. The van der Waals surface area contributed by atoms with E-state index in [1.807, 2.05) is 55.5 Å². The zero-order valence-corrected chi connectivity index (χ0v) is 15.3. The van der Waals surface area contributed by atoms with Crippen LogP contribution in [0.1, 0.15) is 17.0 Å². The van der Waals surface area contributed by atoms with Gasteiger partial charge in [-0.3, -0.25) is 9.59 Å². The van der Waals surface area contributed by atoms with Gasteiger partial charge in [-0.25, -0.2) is 4.98 Å². The fraction of sp³-hybridized carbons (Fsp3) is 0.250. The largest absolute Gasteiger partial charge is 0.338 e. The van der Waals surface area contributed by atoms with Crippen LogP contribution in [0.3, 0.4) is 0 Å². The maximum absolute atomic E-state index is 12.6. The van der Waals surface area contributed by atoms with Gasteiger partial charge in [-0.05, 0) is 30.7 Å². The lowest BCUT2D eigenvalue weighted by Gasteiger charge is -2.16. The maximum atomic E-state index is 12.6. The van der Waals surface area contributed by atoms with Gasteiger partial charge in [0.2, 0.25) is 11.8 Å². The molecular formula is C20H19N3O2S. The number of carbonyl (C=O) groups is 2. The molecule has 2 amide bonds. The van der Waals surface area contributed by atoms with E-state index in [0.29, 0.717) is 13.1 Å². The summed E-state index contributed by atoms with van der Waals surface area (Å²) in [4.78, 5) is 31.0. The number of aromatic nitrogens is 1. The molecule has 26 heavy (non-hydrogen) atoms. The van der Waals surface area contributed by atoms with Gasteiger partial charge in [0.1, 0.15) is 0 Å². The molecular weight excluding hydrogens is 346 g/mol. The number of hydrogen-bond acceptors (Lipinski definition) is 4. The molecule has 1 aromatic heterocycles. The molecule has 1 N–H and O–H groups in total. The van der Waals surface area contributed by atoms with Crippen LogP contribution in [0.5, 0.6) is 0 Å². The summed E-state index contributed by atoms with van der Waals surface area (Å²) < 4.78 is 1.05. The summed E-state index contributed by atoms with van der Waals surface area (Å²) in [6.07, 6.45) is 0.264. The Morgan fingerprint density at radius 3 is 2.88 bits per heavy atom. The van der Waals surface area contributed by atoms with E-state index in [-0.39, 0.29) is 24.2 Å². The molecule has 0 aliphatic carbocycles. The topological polar surface area (TPSA) is 62.3 Å². The molecule has 0 radical (unpaired) electrons. The van der Waals surface area contributed by atoms with Gasteiger partial charge in [0.25, 0.3) is 0 Å². The first-order chi connectivity index (χ1) is 12.6. The molecule has 2 aromatic carbocycles. The number of fused-ring (bicyclic) bond motifs is 1. The van der Waals surface area contributed by atoms with Crippen molar-refractivity contribution in [3.05, 3.63) is 59.1 Å². The van der Waals surface area contributed by atoms with Gasteiger partial charge >= 0.3 is 0 Å². The average molecular weight is 365 g/mol. The first-order valence-electron chi connectivity index (χ1n) is 8.58. The Bertz CT molecular complexity index is 968. The van der Waals surface area contributed by atoms with Crippen LogP contribution >= 0.6 is 11.3 Å². The second-order valence-corrected chi connectivity index (χ2v) is 7.80. The first-order valence-corrected chi connectivity index (χ1v) is 9.40. The summed E-state index contributed by atoms with van der Waals surface area (Å²) in [5, 5.41) is 3.95. The molecule has 5 nitrogen and oxygen atoms in total. The Morgan fingerprint density at radius 1 is 1.27 bits per heavy atom. The van der Waals surface area contributed by atoms with Crippen LogP contribution in [0, 0.1) is 12.8 Å². The number of thiazole rings is 1. The Labute approximate surface area is 155 Å². The van der Waals surface area contributed by atoms with Gasteiger partial charge in [0.05, 0.1) is 21.1 Å². The molecule has 1 saturated heterocycles. The van der Waals surface area contributed by atoms with Crippen molar-refractivity contribution in [2.75, 3.05) is 11.9 Å². The van der Waals surface area contributed by atoms with Crippen molar-refractivity contribution in [1.29, 1.82) is 0 Å². The molecule has 2 heterocycles. The van der Waals surface area contributed by atoms with Crippen molar-refractivity contribution in [1.82, 2.24) is 9.88 Å². The number of benzene rings is 2. The number of likely N-dealkylation sites (tertiary alicyclic amines) is 1. The summed E-state index contributed by atoms with van der Waals surface area (Å²) in [6, 6.07) is 15.6. The van der Waals surface area contributed by atoms with E-state index < -0.39 is 0 Å². The zero-order chi connectivity index (χ0) is 18.1. The minimum absolute atomic E-state index is 0.0301. The van der Waals surface area contributed by atoms with Crippen molar-refractivity contribution in [2.45, 2.75) is 19.9 Å². The van der Waals surface area contributed by atoms with Gasteiger partial charge in [0, 0.05) is 25.2 Å². The van der Waals surface area contributed by atoms with Gasteiger partial charge in [0.15, 0.2) is 0 Å². The van der Waals surface area contributed by atoms with Crippen LogP contribution in [-0.4, -0.2) is 28.2 Å². The van der Waals surface area contributed by atoms with Crippen LogP contribution in [0.4, 0.5) is 5.69 Å². The predicted molar refractivity (Wildman–Crippen MR) is 103 cm³/mol. The summed E-state index contributed by atoms with van der Waals surface area (Å²) in [7, 11) is 0. The van der Waals surface area contributed by atoms with Crippen LogP contribution in [0.2, 0.25) is 0 Å². The number of aryl methyl sites for hydroxylation is 1. The average Bonchev–Trinajstić information content (AvgIpc) is 3.17. The highest BCUT2D eigenvalue weighted by atomic mass is 32.1. The van der Waals surface area contributed by atoms with E-state index in [0.717, 1.165) is 26.5 Å². The fourth-order valence-electron chi connectivity index (χ4n) is 3.27. The zero-order valence-electron chi connectivity index (χ0n) is 14.4. The van der Waals surface area contributed by atoms with Gasteiger partial charge in [-0.1, -0.05) is 30.3 Å².